The minimum absolute atomic E-state index is 0.155. The van der Waals surface area contributed by atoms with Crippen molar-refractivity contribution >= 4 is 58.5 Å². The molecule has 0 radical (unpaired) electrons. The zero-order valence-corrected chi connectivity index (χ0v) is 28.1. The molecule has 12 nitrogen and oxygen atoms in total. The second kappa shape index (κ2) is 15.3. The van der Waals surface area contributed by atoms with Gasteiger partial charge in [0.1, 0.15) is 17.6 Å². The van der Waals surface area contributed by atoms with Gasteiger partial charge in [-0.1, -0.05) is 12.5 Å². The van der Waals surface area contributed by atoms with Gasteiger partial charge < -0.3 is 20.3 Å². The van der Waals surface area contributed by atoms with Crippen LogP contribution in [0.1, 0.15) is 58.4 Å². The number of amides is 4. The Balaban J connectivity index is 0.990. The number of nitrogens with one attached hydrogen (secondary N) is 4. The van der Waals surface area contributed by atoms with E-state index in [-0.39, 0.29) is 29.5 Å². The Morgan fingerprint density at radius 3 is 2.64 bits per heavy atom. The van der Waals surface area contributed by atoms with Gasteiger partial charge in [-0.15, -0.1) is 20.5 Å². The molecule has 1 atom stereocenters. The second-order valence-corrected chi connectivity index (χ2v) is 13.2. The number of unbranched alkanes of at least 4 members (excludes halogenated alkanes) is 2. The van der Waals surface area contributed by atoms with Crippen molar-refractivity contribution in [2.24, 2.45) is 0 Å². The molecule has 0 aliphatic carbocycles. The third-order valence-electron chi connectivity index (χ3n) is 8.20. The summed E-state index contributed by atoms with van der Waals surface area (Å²) in [7, 11) is 0. The van der Waals surface area contributed by atoms with Crippen molar-refractivity contribution in [3.8, 4) is 17.0 Å². The minimum atomic E-state index is -3.84. The lowest BCUT2D eigenvalue weighted by atomic mass is 10.0. The van der Waals surface area contributed by atoms with E-state index in [1.165, 1.54) is 30.5 Å². The average molecular weight is 724 g/mol. The zero-order valence-electron chi connectivity index (χ0n) is 26.5. The number of hydrogen-bond acceptors (Lipinski definition) is 9. The average Bonchev–Trinajstić information content (AvgIpc) is 3.74. The summed E-state index contributed by atoms with van der Waals surface area (Å²) in [5, 5.41) is 15.3. The summed E-state index contributed by atoms with van der Waals surface area (Å²) in [6.07, 6.45) is 6.32. The lowest BCUT2D eigenvalue weighted by Crippen LogP contribution is -2.52. The minimum Gasteiger partial charge on any atom is -0.420 e. The molecule has 2 aromatic carbocycles. The van der Waals surface area contributed by atoms with Crippen molar-refractivity contribution < 1.29 is 32.7 Å². The Hall–Kier alpha value is -5.02. The summed E-state index contributed by atoms with van der Waals surface area (Å²) in [5.41, 5.74) is -0.354. The number of aromatic amines is 1. The van der Waals surface area contributed by atoms with Gasteiger partial charge in [0.25, 0.3) is 11.8 Å². The van der Waals surface area contributed by atoms with Crippen molar-refractivity contribution in [2.45, 2.75) is 55.2 Å². The number of nitrogens with zero attached hydrogens (tertiary/aromatic N) is 3. The summed E-state index contributed by atoms with van der Waals surface area (Å²) < 4.78 is 30.1. The Bertz CT molecular complexity index is 1890. The second-order valence-electron chi connectivity index (χ2n) is 11.6. The molecule has 2 aliphatic rings. The highest BCUT2D eigenvalue weighted by molar-refractivity contribution is 7.99. The largest absolute Gasteiger partial charge is 0.487 e. The number of H-pyrrole nitrogens is 1. The van der Waals surface area contributed by atoms with Crippen LogP contribution in [0.4, 0.5) is 20.3 Å². The molecular weight excluding hydrogens is 692 g/mol. The topological polar surface area (TPSA) is 158 Å². The maximum absolute atomic E-state index is 13.1. The summed E-state index contributed by atoms with van der Waals surface area (Å²) in [4.78, 5) is 57.2. The van der Waals surface area contributed by atoms with Crippen LogP contribution in [-0.4, -0.2) is 67.6 Å². The van der Waals surface area contributed by atoms with Crippen LogP contribution in [0.15, 0.2) is 71.9 Å². The van der Waals surface area contributed by atoms with E-state index in [1.807, 2.05) is 12.1 Å². The van der Waals surface area contributed by atoms with E-state index in [2.05, 4.69) is 35.9 Å². The van der Waals surface area contributed by atoms with E-state index in [9.17, 15) is 28.0 Å². The van der Waals surface area contributed by atoms with E-state index in [0.29, 0.717) is 47.8 Å². The molecule has 0 spiro atoms. The normalized spacial score (nSPS) is 15.9. The van der Waals surface area contributed by atoms with Crippen LogP contribution < -0.4 is 20.7 Å². The number of piperidine rings is 1. The standard InChI is InChI=1S/C34H32ClF2N7O5S/c35-34(36,37)49-22-9-7-21(8-10-22)41-31(46)20-17-24(26-13-15-40-43-26)30(39-18-20)38-14-2-1-3-16-50-28-6-4-5-23-25(28)19-44(33(23)48)27-11-12-29(45)42-32(27)47/h4-10,13,15,17-18,27H,1-3,11-12,14,16,19H2,(H,38,39)(H,40,43)(H,41,46)(H,42,45,47). The molecule has 6 rings (SSSR count). The van der Waals surface area contributed by atoms with Gasteiger partial charge in [-0.3, -0.25) is 29.6 Å². The molecule has 0 bridgehead atoms. The number of benzene rings is 2. The molecule has 50 heavy (non-hydrogen) atoms. The number of pyridine rings is 1. The summed E-state index contributed by atoms with van der Waals surface area (Å²) in [5.74, 6) is -0.0904. The Morgan fingerprint density at radius 1 is 1.08 bits per heavy atom. The van der Waals surface area contributed by atoms with E-state index < -0.39 is 23.4 Å². The number of imide groups is 1. The maximum atomic E-state index is 13.1. The number of hydrogen-bond donors (Lipinski definition) is 4. The highest BCUT2D eigenvalue weighted by Gasteiger charge is 2.39. The number of halogens is 3. The highest BCUT2D eigenvalue weighted by Crippen LogP contribution is 2.35. The number of ether oxygens (including phenoxy) is 1. The van der Waals surface area contributed by atoms with Gasteiger partial charge in [-0.2, -0.15) is 5.10 Å². The quantitative estimate of drug-likeness (QED) is 0.0528. The Labute approximate surface area is 294 Å². The van der Waals surface area contributed by atoms with Crippen molar-refractivity contribution in [3.63, 3.8) is 0 Å². The van der Waals surface area contributed by atoms with Gasteiger partial charge in [0.15, 0.2) is 0 Å². The number of rotatable bonds is 14. The first kappa shape index (κ1) is 34.8. The molecule has 4 N–H and O–H groups in total. The van der Waals surface area contributed by atoms with Gasteiger partial charge >= 0.3 is 5.57 Å². The van der Waals surface area contributed by atoms with Gasteiger partial charge in [-0.05, 0) is 79.1 Å². The number of carbonyl (C=O) groups is 4. The molecule has 4 aromatic rings. The van der Waals surface area contributed by atoms with E-state index >= 15 is 0 Å². The van der Waals surface area contributed by atoms with Crippen LogP contribution in [0.3, 0.4) is 0 Å². The lowest BCUT2D eigenvalue weighted by Gasteiger charge is -2.29. The molecule has 2 aliphatic heterocycles. The number of carbonyl (C=O) groups excluding carboxylic acids is 4. The van der Waals surface area contributed by atoms with Crippen LogP contribution in [0, 0.1) is 0 Å². The van der Waals surface area contributed by atoms with E-state index in [1.54, 1.807) is 41.1 Å². The zero-order chi connectivity index (χ0) is 35.3. The molecule has 1 unspecified atom stereocenters. The molecule has 16 heteroatoms. The smallest absolute Gasteiger partial charge is 0.420 e. The molecule has 2 aromatic heterocycles. The van der Waals surface area contributed by atoms with Crippen molar-refractivity contribution in [3.05, 3.63) is 83.7 Å². The van der Waals surface area contributed by atoms with Crippen LogP contribution in [0.2, 0.25) is 0 Å². The van der Waals surface area contributed by atoms with Gasteiger partial charge in [0.2, 0.25) is 11.8 Å². The fourth-order valence-corrected chi connectivity index (χ4v) is 6.95. The van der Waals surface area contributed by atoms with Crippen LogP contribution >= 0.6 is 23.4 Å². The molecule has 4 amide bonds. The predicted molar refractivity (Wildman–Crippen MR) is 183 cm³/mol. The Kier molecular flexibility index (Phi) is 10.6. The number of alkyl halides is 3. The SMILES string of the molecule is O=C1CCC(N2Cc3c(SCCCCCNc4ncc(C(=O)Nc5ccc(OC(F)(F)Cl)cc5)cc4-c4ccn[nH]4)cccc3C2=O)C(=O)N1. The number of aromatic nitrogens is 3. The summed E-state index contributed by atoms with van der Waals surface area (Å²) in [6, 6.07) is 13.8. The highest BCUT2D eigenvalue weighted by atomic mass is 35.5. The number of anilines is 2. The van der Waals surface area contributed by atoms with Crippen LogP contribution in [0.25, 0.3) is 11.3 Å². The monoisotopic (exact) mass is 723 g/mol. The van der Waals surface area contributed by atoms with Gasteiger partial charge in [0, 0.05) is 65.2 Å². The number of thioether (sulfide) groups is 1. The van der Waals surface area contributed by atoms with Crippen LogP contribution in [0.5, 0.6) is 5.75 Å². The van der Waals surface area contributed by atoms with Crippen molar-refractivity contribution in [1.29, 1.82) is 0 Å². The first-order valence-corrected chi connectivity index (χ1v) is 17.2. The van der Waals surface area contributed by atoms with Crippen molar-refractivity contribution in [2.75, 3.05) is 22.9 Å². The lowest BCUT2D eigenvalue weighted by molar-refractivity contribution is -0.136. The molecular formula is C34H32ClF2N7O5S. The van der Waals surface area contributed by atoms with E-state index in [4.69, 9.17) is 11.6 Å². The first-order chi connectivity index (χ1) is 24.1. The summed E-state index contributed by atoms with van der Waals surface area (Å²) >= 11 is 6.48. The third kappa shape index (κ3) is 8.40. The van der Waals surface area contributed by atoms with Crippen molar-refractivity contribution in [1.82, 2.24) is 25.4 Å². The fourth-order valence-electron chi connectivity index (χ4n) is 5.77. The predicted octanol–water partition coefficient (Wildman–Crippen LogP) is 6.03. The van der Waals surface area contributed by atoms with Gasteiger partial charge in [-0.25, -0.2) is 4.98 Å². The molecule has 1 fully saturated rings. The Morgan fingerprint density at radius 2 is 1.90 bits per heavy atom. The molecule has 1 saturated heterocycles. The molecule has 260 valence electrons. The fraction of sp³-hybridized carbons (Fsp3) is 0.294. The third-order valence-corrected chi connectivity index (χ3v) is 9.46. The molecule has 4 heterocycles. The summed E-state index contributed by atoms with van der Waals surface area (Å²) in [6.45, 7) is 0.983. The van der Waals surface area contributed by atoms with Gasteiger partial charge in [0.05, 0.1) is 11.3 Å². The van der Waals surface area contributed by atoms with E-state index in [0.717, 1.165) is 35.5 Å². The maximum Gasteiger partial charge on any atom is 0.487 e. The molecule has 0 saturated carbocycles. The van der Waals surface area contributed by atoms with Crippen LogP contribution in [-0.2, 0) is 16.1 Å². The first-order valence-electron chi connectivity index (χ1n) is 15.9. The number of fused-ring (bicyclic) bond motifs is 1.